The Bertz CT molecular complexity index is 1610. The number of nitrogens with two attached hydrogens (primary N) is 1. The van der Waals surface area contributed by atoms with E-state index in [0.29, 0.717) is 34.8 Å². The third-order valence-electron chi connectivity index (χ3n) is 7.14. The van der Waals surface area contributed by atoms with E-state index in [0.717, 1.165) is 4.88 Å². The van der Waals surface area contributed by atoms with Crippen molar-refractivity contribution in [1.82, 2.24) is 15.5 Å². The van der Waals surface area contributed by atoms with Gasteiger partial charge in [-0.3, -0.25) is 19.8 Å². The number of nitrogens with one attached hydrogen (secondary N) is 3. The van der Waals surface area contributed by atoms with Crippen LogP contribution < -0.4 is 25.8 Å². The van der Waals surface area contributed by atoms with Gasteiger partial charge in [-0.05, 0) is 61.5 Å². The molecule has 0 saturated carbocycles. The Kier molecular flexibility index (Phi) is 9.56. The van der Waals surface area contributed by atoms with Gasteiger partial charge in [-0.1, -0.05) is 36.4 Å². The van der Waals surface area contributed by atoms with E-state index >= 15 is 0 Å². The summed E-state index contributed by atoms with van der Waals surface area (Å²) in [5, 5.41) is 15.1. The highest BCUT2D eigenvalue weighted by Gasteiger charge is 2.41. The lowest BCUT2D eigenvalue weighted by Gasteiger charge is -2.25. The van der Waals surface area contributed by atoms with E-state index < -0.39 is 24.0 Å². The fourth-order valence-corrected chi connectivity index (χ4v) is 5.77. The van der Waals surface area contributed by atoms with Crippen LogP contribution in [0.15, 0.2) is 96.4 Å². The summed E-state index contributed by atoms with van der Waals surface area (Å²) in [6.07, 6.45) is -0.120. The number of hydrogen-bond donors (Lipinski definition) is 4. The van der Waals surface area contributed by atoms with E-state index in [2.05, 4.69) is 10.6 Å². The Balaban J connectivity index is 1.22. The largest absolute Gasteiger partial charge is 0.488 e. The lowest BCUT2D eigenvalue weighted by Crippen LogP contribution is -2.49. The van der Waals surface area contributed by atoms with Gasteiger partial charge in [0.15, 0.2) is 0 Å². The Hall–Kier alpha value is -5.16. The molecule has 1 aromatic heterocycles. The Labute approximate surface area is 259 Å². The number of para-hydroxylation sites is 2. The van der Waals surface area contributed by atoms with Gasteiger partial charge in [0, 0.05) is 27.8 Å². The molecular formula is C33H33N5O5S. The van der Waals surface area contributed by atoms with E-state index in [-0.39, 0.29) is 30.9 Å². The van der Waals surface area contributed by atoms with Crippen molar-refractivity contribution < 1.29 is 23.9 Å². The molecule has 0 bridgehead atoms. The zero-order valence-electron chi connectivity index (χ0n) is 24.1. The normalized spacial score (nSPS) is 16.5. The predicted molar refractivity (Wildman–Crippen MR) is 168 cm³/mol. The highest BCUT2D eigenvalue weighted by Crippen LogP contribution is 2.26. The van der Waals surface area contributed by atoms with Crippen molar-refractivity contribution in [3.63, 3.8) is 0 Å². The third kappa shape index (κ3) is 7.61. The van der Waals surface area contributed by atoms with Crippen LogP contribution in [0.4, 0.5) is 0 Å². The first-order chi connectivity index (χ1) is 21.3. The molecule has 1 aliphatic rings. The number of hydrogen-bond acceptors (Lipinski definition) is 7. The number of amides is 3. The summed E-state index contributed by atoms with van der Waals surface area (Å²) in [7, 11) is 0. The van der Waals surface area contributed by atoms with Crippen LogP contribution in [-0.4, -0.2) is 53.7 Å². The van der Waals surface area contributed by atoms with E-state index in [4.69, 9.17) is 20.6 Å². The summed E-state index contributed by atoms with van der Waals surface area (Å²) in [6.45, 7) is 1.74. The molecule has 1 fully saturated rings. The standard InChI is InChI=1S/C33H33N5O5S/c1-21(29-16-23(20-44-29)31(34)35)37-33(41)28-17-27(43-25-10-6-3-7-11-25)19-38(28)30(39)18-36-32(40)22-12-14-26(15-13-22)42-24-8-4-2-5-9-24/h2-16,20-21,27-28H,17-19H2,1H3,(H3,34,35)(H,36,40)(H,37,41)/t21-,27-,28+/m1/s1. The Morgan fingerprint density at radius 3 is 2.23 bits per heavy atom. The van der Waals surface area contributed by atoms with Crippen molar-refractivity contribution in [1.29, 1.82) is 5.41 Å². The second-order valence-electron chi connectivity index (χ2n) is 10.4. The number of amidine groups is 1. The van der Waals surface area contributed by atoms with Gasteiger partial charge in [0.1, 0.15) is 35.2 Å². The summed E-state index contributed by atoms with van der Waals surface area (Å²) < 4.78 is 11.9. The Morgan fingerprint density at radius 2 is 1.59 bits per heavy atom. The smallest absolute Gasteiger partial charge is 0.251 e. The van der Waals surface area contributed by atoms with E-state index in [1.807, 2.05) is 67.6 Å². The zero-order valence-corrected chi connectivity index (χ0v) is 24.9. The van der Waals surface area contributed by atoms with Crippen LogP contribution in [0, 0.1) is 5.41 Å². The van der Waals surface area contributed by atoms with Crippen LogP contribution in [0.5, 0.6) is 17.2 Å². The molecule has 0 radical (unpaired) electrons. The summed E-state index contributed by atoms with van der Waals surface area (Å²) in [5.41, 5.74) is 6.55. The summed E-state index contributed by atoms with van der Waals surface area (Å²) in [6, 6.07) is 25.8. The van der Waals surface area contributed by atoms with E-state index in [1.165, 1.54) is 16.2 Å². The lowest BCUT2D eigenvalue weighted by molar-refractivity contribution is -0.138. The molecule has 44 heavy (non-hydrogen) atoms. The Morgan fingerprint density at radius 1 is 0.955 bits per heavy atom. The molecule has 3 amide bonds. The van der Waals surface area contributed by atoms with Gasteiger partial charge < -0.3 is 30.7 Å². The number of carbonyl (C=O) groups is 3. The molecule has 5 rings (SSSR count). The highest BCUT2D eigenvalue weighted by molar-refractivity contribution is 7.10. The molecule has 0 spiro atoms. The second kappa shape index (κ2) is 13.9. The number of thiophene rings is 1. The van der Waals surface area contributed by atoms with E-state index in [9.17, 15) is 14.4 Å². The number of nitrogens with zero attached hydrogens (tertiary/aromatic N) is 1. The maximum absolute atomic E-state index is 13.5. The van der Waals surface area contributed by atoms with Crippen molar-refractivity contribution in [3.05, 3.63) is 112 Å². The van der Waals surface area contributed by atoms with Gasteiger partial charge >= 0.3 is 0 Å². The second-order valence-corrected chi connectivity index (χ2v) is 11.3. The van der Waals surface area contributed by atoms with Crippen LogP contribution in [0.2, 0.25) is 0 Å². The number of ether oxygens (including phenoxy) is 2. The molecule has 5 N–H and O–H groups in total. The molecule has 10 nitrogen and oxygen atoms in total. The maximum atomic E-state index is 13.5. The molecule has 3 aromatic carbocycles. The molecule has 3 atom stereocenters. The minimum atomic E-state index is -0.794. The summed E-state index contributed by atoms with van der Waals surface area (Å²) in [5.74, 6) is 0.704. The van der Waals surface area contributed by atoms with Crippen molar-refractivity contribution in [3.8, 4) is 17.2 Å². The summed E-state index contributed by atoms with van der Waals surface area (Å²) in [4.78, 5) is 42.0. The fourth-order valence-electron chi connectivity index (χ4n) is 4.86. The first-order valence-corrected chi connectivity index (χ1v) is 15.0. The molecule has 1 saturated heterocycles. The van der Waals surface area contributed by atoms with Crippen molar-refractivity contribution in [2.75, 3.05) is 13.1 Å². The number of likely N-dealkylation sites (tertiary alicyclic amines) is 1. The zero-order chi connectivity index (χ0) is 31.1. The average molecular weight is 612 g/mol. The minimum Gasteiger partial charge on any atom is -0.488 e. The molecule has 2 heterocycles. The molecule has 11 heteroatoms. The number of nitrogen functional groups attached to an aromatic ring is 1. The lowest BCUT2D eigenvalue weighted by atomic mass is 10.1. The molecule has 0 unspecified atom stereocenters. The molecule has 1 aliphatic heterocycles. The molecule has 226 valence electrons. The average Bonchev–Trinajstić information content (AvgIpc) is 3.70. The minimum absolute atomic E-state index is 0.0435. The van der Waals surface area contributed by atoms with Gasteiger partial charge in [-0.25, -0.2) is 0 Å². The fraction of sp³-hybridized carbons (Fsp3) is 0.212. The van der Waals surface area contributed by atoms with Gasteiger partial charge in [0.05, 0.1) is 19.1 Å². The van der Waals surface area contributed by atoms with Crippen molar-refractivity contribution in [2.45, 2.75) is 31.5 Å². The predicted octanol–water partition coefficient (Wildman–Crippen LogP) is 4.48. The van der Waals surface area contributed by atoms with Crippen molar-refractivity contribution >= 4 is 34.9 Å². The first-order valence-electron chi connectivity index (χ1n) is 14.1. The topological polar surface area (TPSA) is 147 Å². The number of rotatable bonds is 11. The quantitative estimate of drug-likeness (QED) is 0.145. The van der Waals surface area contributed by atoms with Crippen LogP contribution in [-0.2, 0) is 9.59 Å². The van der Waals surface area contributed by atoms with Crippen LogP contribution >= 0.6 is 11.3 Å². The maximum Gasteiger partial charge on any atom is 0.251 e. The molecular weight excluding hydrogens is 578 g/mol. The molecule has 4 aromatic rings. The van der Waals surface area contributed by atoms with Crippen LogP contribution in [0.3, 0.4) is 0 Å². The highest BCUT2D eigenvalue weighted by atomic mass is 32.1. The summed E-state index contributed by atoms with van der Waals surface area (Å²) >= 11 is 1.39. The van der Waals surface area contributed by atoms with Crippen LogP contribution in [0.1, 0.15) is 40.2 Å². The monoisotopic (exact) mass is 611 g/mol. The van der Waals surface area contributed by atoms with Gasteiger partial charge in [0.25, 0.3) is 5.91 Å². The van der Waals surface area contributed by atoms with Gasteiger partial charge in [0.2, 0.25) is 11.8 Å². The van der Waals surface area contributed by atoms with Gasteiger partial charge in [-0.2, -0.15) is 0 Å². The first kappa shape index (κ1) is 30.3. The SMILES string of the molecule is C[C@@H](NC(=O)[C@@H]1C[C@@H](Oc2ccccc2)CN1C(=O)CNC(=O)c1ccc(Oc2ccccc2)cc1)c1cc(C(=N)N)cs1. The van der Waals surface area contributed by atoms with Crippen LogP contribution in [0.25, 0.3) is 0 Å². The van der Waals surface area contributed by atoms with Gasteiger partial charge in [-0.15, -0.1) is 11.3 Å². The number of benzene rings is 3. The van der Waals surface area contributed by atoms with Crippen molar-refractivity contribution in [2.24, 2.45) is 5.73 Å². The molecule has 0 aliphatic carbocycles. The van der Waals surface area contributed by atoms with E-state index in [1.54, 1.807) is 35.7 Å². The third-order valence-corrected chi connectivity index (χ3v) is 8.26. The number of carbonyl (C=O) groups excluding carboxylic acids is 3.